The van der Waals surface area contributed by atoms with E-state index in [1.165, 1.54) is 11.1 Å². The van der Waals surface area contributed by atoms with Crippen molar-refractivity contribution in [2.24, 2.45) is 4.99 Å². The topological polar surface area (TPSA) is 67.1 Å². The van der Waals surface area contributed by atoms with Crippen molar-refractivity contribution >= 4 is 29.9 Å². The molecule has 0 aliphatic heterocycles. The molecule has 2 aromatic heterocycles. The highest BCUT2D eigenvalue weighted by Gasteiger charge is 2.00. The van der Waals surface area contributed by atoms with Crippen molar-refractivity contribution < 1.29 is 0 Å². The number of rotatable bonds is 7. The van der Waals surface area contributed by atoms with Crippen molar-refractivity contribution in [3.8, 4) is 0 Å². The molecule has 0 saturated heterocycles. The molecule has 3 aromatic rings. The van der Waals surface area contributed by atoms with Crippen molar-refractivity contribution in [1.29, 1.82) is 0 Å². The number of aromatic nitrogens is 3. The Bertz CT molecular complexity index is 800. The molecule has 0 radical (unpaired) electrons. The van der Waals surface area contributed by atoms with Crippen LogP contribution in [0.25, 0.3) is 0 Å². The number of hydrogen-bond acceptors (Lipinski definition) is 3. The quantitative estimate of drug-likeness (QED) is 0.312. The van der Waals surface area contributed by atoms with Crippen LogP contribution >= 0.6 is 24.0 Å². The van der Waals surface area contributed by atoms with Crippen LogP contribution in [0.1, 0.15) is 23.7 Å². The third-order valence-electron chi connectivity index (χ3n) is 3.87. The molecule has 0 aliphatic rings. The third kappa shape index (κ3) is 7.01. The van der Waals surface area contributed by atoms with Crippen molar-refractivity contribution in [2.45, 2.75) is 26.6 Å². The molecule has 0 amide bonds. The molecule has 0 spiro atoms. The van der Waals surface area contributed by atoms with E-state index in [4.69, 9.17) is 0 Å². The van der Waals surface area contributed by atoms with E-state index < -0.39 is 0 Å². The fraction of sp³-hybridized carbons (Fsp3) is 0.250. The first-order valence-electron chi connectivity index (χ1n) is 8.79. The van der Waals surface area contributed by atoms with Gasteiger partial charge in [0.05, 0.1) is 25.1 Å². The Labute approximate surface area is 177 Å². The first-order valence-corrected chi connectivity index (χ1v) is 8.79. The van der Waals surface area contributed by atoms with Crippen LogP contribution in [0.2, 0.25) is 0 Å². The van der Waals surface area contributed by atoms with E-state index in [1.54, 1.807) is 12.4 Å². The Morgan fingerprint density at radius 1 is 1.04 bits per heavy atom. The highest BCUT2D eigenvalue weighted by atomic mass is 127. The van der Waals surface area contributed by atoms with Gasteiger partial charge in [-0.3, -0.25) is 4.98 Å². The molecule has 7 heteroatoms. The molecule has 142 valence electrons. The van der Waals surface area contributed by atoms with Gasteiger partial charge in [-0.25, -0.2) is 9.98 Å². The predicted molar refractivity (Wildman–Crippen MR) is 119 cm³/mol. The minimum atomic E-state index is 0. The summed E-state index contributed by atoms with van der Waals surface area (Å²) in [6, 6.07) is 14.4. The number of pyridine rings is 1. The molecule has 1 aromatic carbocycles. The second kappa shape index (κ2) is 11.3. The average molecular weight is 476 g/mol. The number of aliphatic imine (C=N–C) groups is 1. The largest absolute Gasteiger partial charge is 0.357 e. The highest BCUT2D eigenvalue weighted by molar-refractivity contribution is 14.0. The van der Waals surface area contributed by atoms with E-state index >= 15 is 0 Å². The highest BCUT2D eigenvalue weighted by Crippen LogP contribution is 2.07. The van der Waals surface area contributed by atoms with Crippen LogP contribution in [0.4, 0.5) is 0 Å². The van der Waals surface area contributed by atoms with E-state index in [9.17, 15) is 0 Å². The van der Waals surface area contributed by atoms with E-state index in [-0.39, 0.29) is 24.0 Å². The van der Waals surface area contributed by atoms with E-state index in [2.05, 4.69) is 61.4 Å². The van der Waals surface area contributed by atoms with Gasteiger partial charge in [0.1, 0.15) is 0 Å². The number of halogens is 1. The van der Waals surface area contributed by atoms with Crippen molar-refractivity contribution in [2.75, 3.05) is 6.54 Å². The fourth-order valence-corrected chi connectivity index (χ4v) is 2.53. The molecular formula is C20H25IN6. The van der Waals surface area contributed by atoms with Gasteiger partial charge >= 0.3 is 0 Å². The van der Waals surface area contributed by atoms with Gasteiger partial charge in [-0.1, -0.05) is 30.3 Å². The SMILES string of the molecule is CCNC(=NCc1ccc(Cn2ccnc2)cc1)NCc1ccccn1.I. The van der Waals surface area contributed by atoms with Gasteiger partial charge in [0.15, 0.2) is 5.96 Å². The van der Waals surface area contributed by atoms with Crippen LogP contribution in [-0.4, -0.2) is 27.0 Å². The summed E-state index contributed by atoms with van der Waals surface area (Å²) in [5.74, 6) is 0.792. The van der Waals surface area contributed by atoms with Crippen molar-refractivity contribution in [1.82, 2.24) is 25.2 Å². The molecule has 0 fully saturated rings. The Kier molecular flexibility index (Phi) is 8.76. The van der Waals surface area contributed by atoms with E-state index in [0.29, 0.717) is 13.1 Å². The van der Waals surface area contributed by atoms with Crippen LogP contribution in [0.3, 0.4) is 0 Å². The lowest BCUT2D eigenvalue weighted by atomic mass is 10.1. The standard InChI is InChI=1S/C20H24N6.HI/c1-2-22-20(25-14-19-5-3-4-10-23-19)24-13-17-6-8-18(9-7-17)15-26-12-11-21-16-26;/h3-12,16H,2,13-15H2,1H3,(H2,22,24,25);1H. The van der Waals surface area contributed by atoms with Crippen molar-refractivity contribution in [3.05, 3.63) is 84.2 Å². The zero-order valence-corrected chi connectivity index (χ0v) is 17.7. The van der Waals surface area contributed by atoms with Gasteiger partial charge in [-0.05, 0) is 30.2 Å². The Morgan fingerprint density at radius 2 is 1.85 bits per heavy atom. The van der Waals surface area contributed by atoms with Crippen LogP contribution in [0.5, 0.6) is 0 Å². The van der Waals surface area contributed by atoms with Gasteiger partial charge in [0.25, 0.3) is 0 Å². The summed E-state index contributed by atoms with van der Waals surface area (Å²) in [5, 5.41) is 6.58. The number of guanidine groups is 1. The summed E-state index contributed by atoms with van der Waals surface area (Å²) in [6.45, 7) is 4.98. The molecule has 0 atom stereocenters. The second-order valence-corrected chi connectivity index (χ2v) is 5.92. The monoisotopic (exact) mass is 476 g/mol. The molecule has 0 saturated carbocycles. The van der Waals surface area contributed by atoms with E-state index in [1.807, 2.05) is 30.7 Å². The molecule has 2 heterocycles. The van der Waals surface area contributed by atoms with Crippen LogP contribution in [0.15, 0.2) is 72.4 Å². The maximum atomic E-state index is 4.66. The van der Waals surface area contributed by atoms with Crippen LogP contribution in [0, 0.1) is 0 Å². The number of nitrogens with one attached hydrogen (secondary N) is 2. The molecule has 0 unspecified atom stereocenters. The van der Waals surface area contributed by atoms with Gasteiger partial charge in [0, 0.05) is 31.7 Å². The smallest absolute Gasteiger partial charge is 0.191 e. The molecule has 2 N–H and O–H groups in total. The summed E-state index contributed by atoms with van der Waals surface area (Å²) in [7, 11) is 0. The average Bonchev–Trinajstić information content (AvgIpc) is 3.19. The second-order valence-electron chi connectivity index (χ2n) is 5.92. The molecule has 27 heavy (non-hydrogen) atoms. The van der Waals surface area contributed by atoms with Gasteiger partial charge in [-0.15, -0.1) is 24.0 Å². The van der Waals surface area contributed by atoms with Crippen LogP contribution in [-0.2, 0) is 19.6 Å². The van der Waals surface area contributed by atoms with E-state index in [0.717, 1.165) is 24.7 Å². The number of nitrogens with zero attached hydrogens (tertiary/aromatic N) is 4. The first kappa shape index (κ1) is 20.9. The van der Waals surface area contributed by atoms with Crippen molar-refractivity contribution in [3.63, 3.8) is 0 Å². The fourth-order valence-electron chi connectivity index (χ4n) is 2.53. The van der Waals surface area contributed by atoms with Crippen LogP contribution < -0.4 is 10.6 Å². The Hall–Kier alpha value is -2.42. The predicted octanol–water partition coefficient (Wildman–Crippen LogP) is 3.20. The summed E-state index contributed by atoms with van der Waals surface area (Å²) in [5.41, 5.74) is 3.41. The lowest BCUT2D eigenvalue weighted by Gasteiger charge is -2.11. The molecular weight excluding hydrogens is 451 g/mol. The lowest BCUT2D eigenvalue weighted by molar-refractivity contribution is 0.794. The lowest BCUT2D eigenvalue weighted by Crippen LogP contribution is -2.36. The minimum Gasteiger partial charge on any atom is -0.357 e. The molecule has 3 rings (SSSR count). The molecule has 0 aliphatic carbocycles. The van der Waals surface area contributed by atoms with Gasteiger partial charge in [0.2, 0.25) is 0 Å². The molecule has 0 bridgehead atoms. The Balaban J connectivity index is 0.00000261. The number of hydrogen-bond donors (Lipinski definition) is 2. The molecule has 6 nitrogen and oxygen atoms in total. The maximum absolute atomic E-state index is 4.66. The Morgan fingerprint density at radius 3 is 2.52 bits per heavy atom. The van der Waals surface area contributed by atoms with Gasteiger partial charge < -0.3 is 15.2 Å². The summed E-state index contributed by atoms with van der Waals surface area (Å²) in [4.78, 5) is 13.0. The maximum Gasteiger partial charge on any atom is 0.191 e. The first-order chi connectivity index (χ1) is 12.8. The third-order valence-corrected chi connectivity index (χ3v) is 3.87. The van der Waals surface area contributed by atoms with Gasteiger partial charge in [-0.2, -0.15) is 0 Å². The number of imidazole rings is 1. The number of benzene rings is 1. The zero-order valence-electron chi connectivity index (χ0n) is 15.4. The minimum absolute atomic E-state index is 0. The summed E-state index contributed by atoms with van der Waals surface area (Å²) < 4.78 is 2.05. The normalized spacial score (nSPS) is 10.9. The summed E-state index contributed by atoms with van der Waals surface area (Å²) >= 11 is 0. The zero-order chi connectivity index (χ0) is 18.0. The summed E-state index contributed by atoms with van der Waals surface area (Å²) in [6.07, 6.45) is 7.39.